The lowest BCUT2D eigenvalue weighted by Crippen LogP contribution is -2.32. The molecule has 0 radical (unpaired) electrons. The van der Waals surface area contributed by atoms with Gasteiger partial charge in [-0.15, -0.1) is 0 Å². The van der Waals surface area contributed by atoms with E-state index in [1.54, 1.807) is 0 Å². The van der Waals surface area contributed by atoms with Gasteiger partial charge in [0.2, 0.25) is 5.88 Å². The van der Waals surface area contributed by atoms with Crippen molar-refractivity contribution in [2.75, 3.05) is 18.5 Å². The van der Waals surface area contributed by atoms with Crippen molar-refractivity contribution in [1.29, 1.82) is 0 Å². The molecule has 0 amide bonds. The first-order chi connectivity index (χ1) is 13.3. The number of ether oxygens (including phenoxy) is 2. The number of aryl methyl sites for hydroxylation is 1. The van der Waals surface area contributed by atoms with Gasteiger partial charge < -0.3 is 14.8 Å². The van der Waals surface area contributed by atoms with E-state index in [9.17, 15) is 0 Å². The summed E-state index contributed by atoms with van der Waals surface area (Å²) in [7, 11) is 0. The van der Waals surface area contributed by atoms with Gasteiger partial charge in [0.25, 0.3) is 0 Å². The van der Waals surface area contributed by atoms with Crippen LogP contribution < -0.4 is 10.1 Å². The van der Waals surface area contributed by atoms with Gasteiger partial charge in [-0.2, -0.15) is 0 Å². The van der Waals surface area contributed by atoms with Crippen molar-refractivity contribution in [1.82, 2.24) is 9.97 Å². The Morgan fingerprint density at radius 2 is 1.81 bits per heavy atom. The Balaban J connectivity index is 1.32. The molecule has 27 heavy (non-hydrogen) atoms. The number of aromatic nitrogens is 2. The predicted molar refractivity (Wildman–Crippen MR) is 106 cm³/mol. The molecule has 5 nitrogen and oxygen atoms in total. The van der Waals surface area contributed by atoms with Gasteiger partial charge in [0.1, 0.15) is 11.9 Å². The summed E-state index contributed by atoms with van der Waals surface area (Å²) in [6.07, 6.45) is 10.4. The highest BCUT2D eigenvalue weighted by Crippen LogP contribution is 2.34. The standard InChI is InChI=1S/C22H29N3O2/c1-16-4-9-21(24-15-16)25-18-5-7-19(8-6-18)27-22-20(3-2-12-23-22)17-10-13-26-14-11-17/h2-4,9,12,15,17-19H,5-8,10-11,13-14H2,1H3,(H,24,25)/t18-,19-. The average Bonchev–Trinajstić information content (AvgIpc) is 2.72. The number of hydrogen-bond acceptors (Lipinski definition) is 5. The number of hydrogen-bond donors (Lipinski definition) is 1. The van der Waals surface area contributed by atoms with Gasteiger partial charge >= 0.3 is 0 Å². The second-order valence-corrected chi connectivity index (χ2v) is 7.74. The molecular weight excluding hydrogens is 338 g/mol. The Hall–Kier alpha value is -2.14. The normalized spacial score (nSPS) is 23.7. The van der Waals surface area contributed by atoms with Gasteiger partial charge in [-0.25, -0.2) is 9.97 Å². The molecule has 0 spiro atoms. The minimum Gasteiger partial charge on any atom is -0.474 e. The third-order valence-corrected chi connectivity index (χ3v) is 5.68. The van der Waals surface area contributed by atoms with Gasteiger partial charge in [-0.05, 0) is 69.1 Å². The molecular formula is C22H29N3O2. The van der Waals surface area contributed by atoms with Gasteiger partial charge in [0.15, 0.2) is 0 Å². The lowest BCUT2D eigenvalue weighted by Gasteiger charge is -2.31. The second kappa shape index (κ2) is 8.70. The molecule has 0 atom stereocenters. The van der Waals surface area contributed by atoms with Crippen LogP contribution in [0.4, 0.5) is 5.82 Å². The first-order valence-electron chi connectivity index (χ1n) is 10.2. The van der Waals surface area contributed by atoms with Crippen LogP contribution in [-0.4, -0.2) is 35.3 Å². The number of pyridine rings is 2. The Morgan fingerprint density at radius 3 is 2.56 bits per heavy atom. The van der Waals surface area contributed by atoms with Crippen molar-refractivity contribution in [3.8, 4) is 5.88 Å². The summed E-state index contributed by atoms with van der Waals surface area (Å²) in [4.78, 5) is 9.01. The molecule has 5 heteroatoms. The molecule has 1 aliphatic heterocycles. The Kier molecular flexibility index (Phi) is 5.87. The van der Waals surface area contributed by atoms with E-state index in [1.165, 1.54) is 11.1 Å². The molecule has 3 heterocycles. The zero-order valence-corrected chi connectivity index (χ0v) is 16.1. The van der Waals surface area contributed by atoms with E-state index in [0.717, 1.165) is 63.4 Å². The van der Waals surface area contributed by atoms with Gasteiger partial charge in [-0.1, -0.05) is 12.1 Å². The van der Waals surface area contributed by atoms with E-state index in [-0.39, 0.29) is 6.10 Å². The summed E-state index contributed by atoms with van der Waals surface area (Å²) in [5.74, 6) is 2.31. The van der Waals surface area contributed by atoms with Gasteiger partial charge in [0.05, 0.1) is 0 Å². The maximum Gasteiger partial charge on any atom is 0.217 e. The summed E-state index contributed by atoms with van der Waals surface area (Å²) in [5, 5.41) is 3.56. The Labute approximate surface area is 161 Å². The third-order valence-electron chi connectivity index (χ3n) is 5.68. The summed E-state index contributed by atoms with van der Waals surface area (Å²) in [6, 6.07) is 8.83. The second-order valence-electron chi connectivity index (χ2n) is 7.74. The molecule has 2 aliphatic rings. The third kappa shape index (κ3) is 4.78. The van der Waals surface area contributed by atoms with Crippen molar-refractivity contribution in [2.45, 2.75) is 63.5 Å². The zero-order chi connectivity index (χ0) is 18.5. The lowest BCUT2D eigenvalue weighted by atomic mass is 9.91. The fourth-order valence-electron chi connectivity index (χ4n) is 4.07. The SMILES string of the molecule is Cc1ccc(N[C@H]2CC[C@H](Oc3ncccc3C3CCOCC3)CC2)nc1. The van der Waals surface area contributed by atoms with Crippen LogP contribution in [0, 0.1) is 6.92 Å². The van der Waals surface area contributed by atoms with Crippen LogP contribution in [0.5, 0.6) is 5.88 Å². The largest absolute Gasteiger partial charge is 0.474 e. The highest BCUT2D eigenvalue weighted by molar-refractivity contribution is 5.36. The number of rotatable bonds is 5. The minimum absolute atomic E-state index is 0.252. The van der Waals surface area contributed by atoms with E-state index < -0.39 is 0 Å². The molecule has 0 bridgehead atoms. The van der Waals surface area contributed by atoms with Crippen molar-refractivity contribution in [3.05, 3.63) is 47.8 Å². The minimum atomic E-state index is 0.252. The lowest BCUT2D eigenvalue weighted by molar-refractivity contribution is 0.0829. The molecule has 1 saturated carbocycles. The van der Waals surface area contributed by atoms with E-state index in [1.807, 2.05) is 18.5 Å². The smallest absolute Gasteiger partial charge is 0.217 e. The Morgan fingerprint density at radius 1 is 1.00 bits per heavy atom. The van der Waals surface area contributed by atoms with Crippen molar-refractivity contribution in [2.24, 2.45) is 0 Å². The highest BCUT2D eigenvalue weighted by atomic mass is 16.5. The molecule has 0 unspecified atom stereocenters. The van der Waals surface area contributed by atoms with Crippen LogP contribution >= 0.6 is 0 Å². The highest BCUT2D eigenvalue weighted by Gasteiger charge is 2.26. The fraction of sp³-hybridized carbons (Fsp3) is 0.545. The van der Waals surface area contributed by atoms with E-state index in [2.05, 4.69) is 40.4 Å². The molecule has 2 aromatic heterocycles. The van der Waals surface area contributed by atoms with E-state index in [0.29, 0.717) is 12.0 Å². The quantitative estimate of drug-likeness (QED) is 0.844. The van der Waals surface area contributed by atoms with E-state index in [4.69, 9.17) is 9.47 Å². The zero-order valence-electron chi connectivity index (χ0n) is 16.1. The summed E-state index contributed by atoms with van der Waals surface area (Å²) >= 11 is 0. The predicted octanol–water partition coefficient (Wildman–Crippen LogP) is 4.48. The molecule has 4 rings (SSSR count). The first-order valence-corrected chi connectivity index (χ1v) is 10.2. The van der Waals surface area contributed by atoms with Gasteiger partial charge in [-0.3, -0.25) is 0 Å². The average molecular weight is 367 g/mol. The maximum atomic E-state index is 6.36. The van der Waals surface area contributed by atoms with Crippen LogP contribution in [0.25, 0.3) is 0 Å². The van der Waals surface area contributed by atoms with Gasteiger partial charge in [0, 0.05) is 37.2 Å². The number of anilines is 1. The fourth-order valence-corrected chi connectivity index (χ4v) is 4.07. The summed E-state index contributed by atoms with van der Waals surface area (Å²) < 4.78 is 11.9. The molecule has 1 saturated heterocycles. The van der Waals surface area contributed by atoms with Crippen LogP contribution in [0.3, 0.4) is 0 Å². The van der Waals surface area contributed by atoms with Crippen LogP contribution in [0.15, 0.2) is 36.7 Å². The van der Waals surface area contributed by atoms with Crippen LogP contribution in [-0.2, 0) is 4.74 Å². The molecule has 2 fully saturated rings. The van der Waals surface area contributed by atoms with E-state index >= 15 is 0 Å². The first kappa shape index (κ1) is 18.2. The molecule has 2 aromatic rings. The Bertz CT molecular complexity index is 721. The maximum absolute atomic E-state index is 6.36. The van der Waals surface area contributed by atoms with Crippen molar-refractivity contribution in [3.63, 3.8) is 0 Å². The van der Waals surface area contributed by atoms with Crippen molar-refractivity contribution >= 4 is 5.82 Å². The molecule has 1 N–H and O–H groups in total. The number of nitrogens with one attached hydrogen (secondary N) is 1. The summed E-state index contributed by atoms with van der Waals surface area (Å²) in [6.45, 7) is 3.73. The monoisotopic (exact) mass is 367 g/mol. The number of nitrogens with zero attached hydrogens (tertiary/aromatic N) is 2. The van der Waals surface area contributed by atoms with Crippen molar-refractivity contribution < 1.29 is 9.47 Å². The molecule has 144 valence electrons. The molecule has 1 aliphatic carbocycles. The molecule has 0 aromatic carbocycles. The van der Waals surface area contributed by atoms with Crippen LogP contribution in [0.2, 0.25) is 0 Å². The van der Waals surface area contributed by atoms with Crippen LogP contribution in [0.1, 0.15) is 55.6 Å². The topological polar surface area (TPSA) is 56.3 Å². The summed E-state index contributed by atoms with van der Waals surface area (Å²) in [5.41, 5.74) is 2.44.